The lowest BCUT2D eigenvalue weighted by molar-refractivity contribution is -0.131. The highest BCUT2D eigenvalue weighted by atomic mass is 35.5. The van der Waals surface area contributed by atoms with E-state index >= 15 is 0 Å². The average molecular weight is 402 g/mol. The maximum absolute atomic E-state index is 12.7. The smallest absolute Gasteiger partial charge is 0.242 e. The third kappa shape index (κ3) is 4.42. The lowest BCUT2D eigenvalue weighted by atomic mass is 10.0. The molecule has 1 saturated heterocycles. The fourth-order valence-corrected chi connectivity index (χ4v) is 4.69. The molecule has 2 aromatic rings. The Morgan fingerprint density at radius 3 is 2.67 bits per heavy atom. The molecule has 0 saturated carbocycles. The Morgan fingerprint density at radius 1 is 1.19 bits per heavy atom. The van der Waals surface area contributed by atoms with Gasteiger partial charge in [-0.05, 0) is 78.9 Å². The monoisotopic (exact) mass is 401 g/mol. The minimum atomic E-state index is 0.124. The first-order valence-electron chi connectivity index (χ1n) is 9.60. The molecule has 0 aliphatic carbocycles. The van der Waals surface area contributed by atoms with Gasteiger partial charge in [-0.2, -0.15) is 16.4 Å². The normalized spacial score (nSPS) is 20.3. The number of nitrogens with zero attached hydrogens (tertiary/aromatic N) is 3. The molecule has 142 valence electrons. The number of halogens is 1. The molecular weight excluding hydrogens is 378 g/mol. The summed E-state index contributed by atoms with van der Waals surface area (Å²) in [5.41, 5.74) is 3.37. The van der Waals surface area contributed by atoms with Crippen molar-refractivity contribution in [2.24, 2.45) is 5.10 Å². The van der Waals surface area contributed by atoms with Crippen molar-refractivity contribution < 1.29 is 4.79 Å². The van der Waals surface area contributed by atoms with Crippen molar-refractivity contribution in [2.75, 3.05) is 19.6 Å². The molecule has 0 N–H and O–H groups in total. The Hall–Kier alpha value is -1.69. The van der Waals surface area contributed by atoms with Gasteiger partial charge in [-0.15, -0.1) is 0 Å². The summed E-state index contributed by atoms with van der Waals surface area (Å²) in [5, 5.41) is 11.4. The third-order valence-electron chi connectivity index (χ3n) is 5.34. The van der Waals surface area contributed by atoms with E-state index in [1.165, 1.54) is 18.4 Å². The molecule has 1 unspecified atom stereocenters. The van der Waals surface area contributed by atoms with Gasteiger partial charge in [-0.3, -0.25) is 9.69 Å². The minimum absolute atomic E-state index is 0.124. The number of amides is 1. The van der Waals surface area contributed by atoms with E-state index < -0.39 is 0 Å². The first-order chi connectivity index (χ1) is 13.2. The number of carbonyl (C=O) groups excluding carboxylic acids is 1. The zero-order valence-electron chi connectivity index (χ0n) is 15.3. The van der Waals surface area contributed by atoms with Crippen LogP contribution in [0.4, 0.5) is 0 Å². The van der Waals surface area contributed by atoms with E-state index in [1.807, 2.05) is 24.3 Å². The summed E-state index contributed by atoms with van der Waals surface area (Å²) < 4.78 is 0. The van der Waals surface area contributed by atoms with E-state index in [0.717, 1.165) is 42.2 Å². The van der Waals surface area contributed by atoms with Gasteiger partial charge >= 0.3 is 0 Å². The number of aryl methyl sites for hydroxylation is 1. The molecule has 6 heteroatoms. The molecule has 1 atom stereocenters. The van der Waals surface area contributed by atoms with E-state index in [9.17, 15) is 4.79 Å². The van der Waals surface area contributed by atoms with Gasteiger partial charge in [0.15, 0.2) is 0 Å². The number of carbonyl (C=O) groups is 1. The van der Waals surface area contributed by atoms with Gasteiger partial charge in [0.2, 0.25) is 5.91 Å². The molecular formula is C21H24ClN3OS. The summed E-state index contributed by atoms with van der Waals surface area (Å²) in [4.78, 5) is 15.2. The lowest BCUT2D eigenvalue weighted by Gasteiger charge is -2.24. The fraction of sp³-hybridized carbons (Fsp3) is 0.429. The highest BCUT2D eigenvalue weighted by molar-refractivity contribution is 7.07. The van der Waals surface area contributed by atoms with Gasteiger partial charge in [0.1, 0.15) is 0 Å². The Balaban J connectivity index is 1.45. The second-order valence-corrected chi connectivity index (χ2v) is 8.43. The summed E-state index contributed by atoms with van der Waals surface area (Å²) in [6, 6.07) is 10.1. The minimum Gasteiger partial charge on any atom is -0.293 e. The van der Waals surface area contributed by atoms with Gasteiger partial charge in [-0.1, -0.05) is 23.7 Å². The summed E-state index contributed by atoms with van der Waals surface area (Å²) in [6.07, 6.45) is 4.80. The van der Waals surface area contributed by atoms with Crippen LogP contribution in [-0.2, 0) is 11.2 Å². The molecule has 2 aliphatic rings. The zero-order valence-corrected chi connectivity index (χ0v) is 16.9. The van der Waals surface area contributed by atoms with Crippen LogP contribution in [0.15, 0.2) is 46.2 Å². The number of hydrogen-bond acceptors (Lipinski definition) is 4. The second-order valence-electron chi connectivity index (χ2n) is 7.21. The summed E-state index contributed by atoms with van der Waals surface area (Å²) in [6.45, 7) is 2.82. The van der Waals surface area contributed by atoms with Gasteiger partial charge in [0.25, 0.3) is 0 Å². The fourth-order valence-electron chi connectivity index (χ4n) is 3.87. The Kier molecular flexibility index (Phi) is 5.91. The van der Waals surface area contributed by atoms with Crippen molar-refractivity contribution in [3.63, 3.8) is 0 Å². The molecule has 1 aromatic heterocycles. The highest BCUT2D eigenvalue weighted by Gasteiger charge is 2.35. The number of hydrazone groups is 1. The van der Waals surface area contributed by atoms with Crippen LogP contribution in [-0.4, -0.2) is 47.2 Å². The van der Waals surface area contributed by atoms with E-state index in [1.54, 1.807) is 16.3 Å². The van der Waals surface area contributed by atoms with E-state index in [2.05, 4.69) is 21.7 Å². The number of benzene rings is 1. The molecule has 1 fully saturated rings. The zero-order chi connectivity index (χ0) is 18.6. The standard InChI is InChI=1S/C21H24ClN3OS/c22-18-8-6-17(7-9-18)21-19(24-11-1-2-12-24)14-25(23-21)20(26)5-3-4-16-10-13-27-15-16/h6-10,13,15,19H,1-5,11-12,14H2. The molecule has 4 nitrogen and oxygen atoms in total. The van der Waals surface area contributed by atoms with Crippen molar-refractivity contribution >= 4 is 34.6 Å². The highest BCUT2D eigenvalue weighted by Crippen LogP contribution is 2.24. The quantitative estimate of drug-likeness (QED) is 0.717. The predicted molar refractivity (Wildman–Crippen MR) is 112 cm³/mol. The van der Waals surface area contributed by atoms with Crippen molar-refractivity contribution in [1.29, 1.82) is 0 Å². The maximum Gasteiger partial charge on any atom is 0.242 e. The third-order valence-corrected chi connectivity index (χ3v) is 6.32. The molecule has 0 spiro atoms. The molecule has 4 rings (SSSR count). The number of rotatable bonds is 6. The van der Waals surface area contributed by atoms with Crippen LogP contribution in [0.5, 0.6) is 0 Å². The van der Waals surface area contributed by atoms with Gasteiger partial charge < -0.3 is 0 Å². The Bertz CT molecular complexity index is 797. The van der Waals surface area contributed by atoms with Gasteiger partial charge in [0.05, 0.1) is 18.3 Å². The van der Waals surface area contributed by atoms with E-state index in [4.69, 9.17) is 16.7 Å². The largest absolute Gasteiger partial charge is 0.293 e. The molecule has 1 amide bonds. The van der Waals surface area contributed by atoms with Crippen LogP contribution < -0.4 is 0 Å². The second kappa shape index (κ2) is 8.55. The van der Waals surface area contributed by atoms with Crippen LogP contribution in [0.2, 0.25) is 5.02 Å². The van der Waals surface area contributed by atoms with Crippen molar-refractivity contribution in [2.45, 2.75) is 38.1 Å². The first kappa shape index (κ1) is 18.7. The average Bonchev–Trinajstić information content (AvgIpc) is 3.43. The number of hydrogen-bond donors (Lipinski definition) is 0. The van der Waals surface area contributed by atoms with Crippen LogP contribution in [0, 0.1) is 0 Å². The van der Waals surface area contributed by atoms with E-state index in [0.29, 0.717) is 13.0 Å². The SMILES string of the molecule is O=C(CCCc1ccsc1)N1CC(N2CCCC2)C(c2ccc(Cl)cc2)=N1. The van der Waals surface area contributed by atoms with Gasteiger partial charge in [-0.25, -0.2) is 5.01 Å². The maximum atomic E-state index is 12.7. The molecule has 27 heavy (non-hydrogen) atoms. The first-order valence-corrected chi connectivity index (χ1v) is 10.9. The molecule has 1 aromatic carbocycles. The molecule has 0 radical (unpaired) electrons. The van der Waals surface area contributed by atoms with Gasteiger partial charge in [0, 0.05) is 11.4 Å². The van der Waals surface area contributed by atoms with Crippen molar-refractivity contribution in [3.8, 4) is 0 Å². The van der Waals surface area contributed by atoms with Crippen LogP contribution in [0.1, 0.15) is 36.8 Å². The topological polar surface area (TPSA) is 35.9 Å². The lowest BCUT2D eigenvalue weighted by Crippen LogP contribution is -2.42. The number of likely N-dealkylation sites (tertiary alicyclic amines) is 1. The Labute approximate surface area is 169 Å². The van der Waals surface area contributed by atoms with Crippen molar-refractivity contribution in [1.82, 2.24) is 9.91 Å². The molecule has 2 aliphatic heterocycles. The summed E-state index contributed by atoms with van der Waals surface area (Å²) >= 11 is 7.75. The summed E-state index contributed by atoms with van der Waals surface area (Å²) in [5.74, 6) is 0.124. The van der Waals surface area contributed by atoms with Crippen LogP contribution in [0.3, 0.4) is 0 Å². The van der Waals surface area contributed by atoms with E-state index in [-0.39, 0.29) is 11.9 Å². The molecule has 3 heterocycles. The summed E-state index contributed by atoms with van der Waals surface area (Å²) in [7, 11) is 0. The predicted octanol–water partition coefficient (Wildman–Crippen LogP) is 4.44. The van der Waals surface area contributed by atoms with Crippen LogP contribution in [0.25, 0.3) is 0 Å². The number of thiophene rings is 1. The van der Waals surface area contributed by atoms with Crippen LogP contribution >= 0.6 is 22.9 Å². The Morgan fingerprint density at radius 2 is 1.96 bits per heavy atom. The van der Waals surface area contributed by atoms with Crippen molar-refractivity contribution in [3.05, 3.63) is 57.2 Å². The molecule has 0 bridgehead atoms.